The molecule has 9 heteroatoms. The van der Waals surface area contributed by atoms with Crippen LogP contribution in [0, 0.1) is 20.8 Å². The first kappa shape index (κ1) is 28.1. The number of aliphatic hydroxyl groups is 1. The Morgan fingerprint density at radius 1 is 1.08 bits per heavy atom. The molecule has 4 aromatic rings. The van der Waals surface area contributed by atoms with Crippen LogP contribution in [0.1, 0.15) is 40.5 Å². The van der Waals surface area contributed by atoms with Crippen LogP contribution in [0.25, 0.3) is 21.7 Å². The summed E-state index contributed by atoms with van der Waals surface area (Å²) in [5.74, 6) is 2.00. The van der Waals surface area contributed by atoms with E-state index in [1.54, 1.807) is 0 Å². The second-order valence-electron chi connectivity index (χ2n) is 9.29. The van der Waals surface area contributed by atoms with Crippen molar-refractivity contribution < 1.29 is 19.7 Å². The summed E-state index contributed by atoms with van der Waals surface area (Å²) in [7, 11) is 0. The molecule has 0 aliphatic carbocycles. The highest BCUT2D eigenvalue weighted by molar-refractivity contribution is 7.14. The molecular formula is C27H34ClN3O4S. The van der Waals surface area contributed by atoms with Crippen LogP contribution in [-0.4, -0.2) is 58.0 Å². The fraction of sp³-hybridized carbons (Fsp3) is 0.407. The summed E-state index contributed by atoms with van der Waals surface area (Å²) in [5.41, 5.74) is 4.90. The fourth-order valence-electron chi connectivity index (χ4n) is 4.67. The van der Waals surface area contributed by atoms with Crippen molar-refractivity contribution in [2.45, 2.75) is 45.6 Å². The van der Waals surface area contributed by atoms with Gasteiger partial charge in [-0.2, -0.15) is 0 Å². The van der Waals surface area contributed by atoms with Crippen molar-refractivity contribution in [2.24, 2.45) is 0 Å². The van der Waals surface area contributed by atoms with Crippen LogP contribution in [0.2, 0.25) is 0 Å². The smallest absolute Gasteiger partial charge is 0.183 e. The van der Waals surface area contributed by atoms with Crippen LogP contribution in [0.3, 0.4) is 0 Å². The lowest BCUT2D eigenvalue weighted by molar-refractivity contribution is 0.0599. The van der Waals surface area contributed by atoms with Crippen molar-refractivity contribution in [3.05, 3.63) is 64.2 Å². The minimum Gasteiger partial charge on any atom is -0.490 e. The molecule has 3 heterocycles. The number of ether oxygens (including phenoxy) is 1. The van der Waals surface area contributed by atoms with Crippen molar-refractivity contribution >= 4 is 34.7 Å². The standard InChI is InChI=1S/C27H31N3O3S.ClH.H2O/c1-17-7-8-21(13-18(17)2)20-9-11-30(12-10-20)15-22(31)16-32-24-5-4-6-25-23(24)14-26(33-25)27-29-28-19(3)34-27;;/h4-8,13-14,20,22,31H,9-12,15-16H2,1-3H3;1H;1H2/t22-;;/m0../s1. The van der Waals surface area contributed by atoms with E-state index in [0.29, 0.717) is 24.0 Å². The predicted molar refractivity (Wildman–Crippen MR) is 147 cm³/mol. The average Bonchev–Trinajstić information content (AvgIpc) is 3.46. The third-order valence-electron chi connectivity index (χ3n) is 6.75. The van der Waals surface area contributed by atoms with Crippen LogP contribution in [-0.2, 0) is 0 Å². The average molecular weight is 532 g/mol. The third-order valence-corrected chi connectivity index (χ3v) is 7.60. The maximum absolute atomic E-state index is 10.7. The molecule has 7 nitrogen and oxygen atoms in total. The number of aliphatic hydroxyl groups excluding tert-OH is 1. The van der Waals surface area contributed by atoms with Crippen molar-refractivity contribution in [1.82, 2.24) is 15.1 Å². The molecule has 1 aliphatic heterocycles. The molecule has 2 aromatic carbocycles. The first-order valence-electron chi connectivity index (χ1n) is 11.9. The zero-order chi connectivity index (χ0) is 23.7. The van der Waals surface area contributed by atoms with Crippen molar-refractivity contribution in [2.75, 3.05) is 26.2 Å². The number of piperidine rings is 1. The molecule has 1 atom stereocenters. The number of likely N-dealkylation sites (tertiary alicyclic amines) is 1. The molecule has 194 valence electrons. The minimum atomic E-state index is -0.550. The molecule has 0 saturated carbocycles. The maximum Gasteiger partial charge on any atom is 0.183 e. The van der Waals surface area contributed by atoms with E-state index in [1.807, 2.05) is 31.2 Å². The number of fused-ring (bicyclic) bond motifs is 1. The summed E-state index contributed by atoms with van der Waals surface area (Å²) in [4.78, 5) is 2.35. The first-order chi connectivity index (χ1) is 16.5. The monoisotopic (exact) mass is 531 g/mol. The molecule has 2 aromatic heterocycles. The van der Waals surface area contributed by atoms with E-state index in [0.717, 1.165) is 46.9 Å². The van der Waals surface area contributed by atoms with Gasteiger partial charge in [-0.1, -0.05) is 35.6 Å². The minimum absolute atomic E-state index is 0. The number of nitrogens with zero attached hydrogens (tertiary/aromatic N) is 3. The highest BCUT2D eigenvalue weighted by atomic mass is 35.5. The summed E-state index contributed by atoms with van der Waals surface area (Å²) >= 11 is 1.50. The van der Waals surface area contributed by atoms with Gasteiger partial charge in [0.1, 0.15) is 29.1 Å². The Labute approximate surface area is 221 Å². The molecule has 0 radical (unpaired) electrons. The summed E-state index contributed by atoms with van der Waals surface area (Å²) in [6.45, 7) is 9.13. The van der Waals surface area contributed by atoms with E-state index in [1.165, 1.54) is 28.0 Å². The Morgan fingerprint density at radius 2 is 1.86 bits per heavy atom. The van der Waals surface area contributed by atoms with E-state index in [-0.39, 0.29) is 24.5 Å². The van der Waals surface area contributed by atoms with Crippen LogP contribution in [0.4, 0.5) is 0 Å². The zero-order valence-electron chi connectivity index (χ0n) is 20.9. The van der Waals surface area contributed by atoms with Gasteiger partial charge < -0.3 is 24.6 Å². The number of β-amino-alcohol motifs (C(OH)–C–C–N with tert-alkyl or cyclic N) is 1. The van der Waals surface area contributed by atoms with Gasteiger partial charge in [-0.25, -0.2) is 0 Å². The number of aryl methyl sites for hydroxylation is 3. The maximum atomic E-state index is 10.7. The number of rotatable bonds is 7. The van der Waals surface area contributed by atoms with Gasteiger partial charge in [-0.05, 0) is 87.5 Å². The number of hydrogen-bond donors (Lipinski definition) is 1. The van der Waals surface area contributed by atoms with Gasteiger partial charge in [-0.15, -0.1) is 22.6 Å². The third kappa shape index (κ3) is 6.25. The lowest BCUT2D eigenvalue weighted by Crippen LogP contribution is -2.40. The van der Waals surface area contributed by atoms with Crippen molar-refractivity contribution in [3.63, 3.8) is 0 Å². The predicted octanol–water partition coefficient (Wildman–Crippen LogP) is 5.09. The molecule has 0 unspecified atom stereocenters. The van der Waals surface area contributed by atoms with Gasteiger partial charge in [0.2, 0.25) is 0 Å². The molecule has 0 bridgehead atoms. The van der Waals surface area contributed by atoms with Crippen LogP contribution >= 0.6 is 23.7 Å². The molecule has 5 rings (SSSR count). The van der Waals surface area contributed by atoms with Crippen LogP contribution in [0.15, 0.2) is 46.9 Å². The molecule has 0 amide bonds. The van der Waals surface area contributed by atoms with E-state index < -0.39 is 6.10 Å². The number of hydrogen-bond acceptors (Lipinski definition) is 7. The van der Waals surface area contributed by atoms with E-state index in [9.17, 15) is 5.11 Å². The fourth-order valence-corrected chi connectivity index (χ4v) is 5.31. The Kier molecular flexibility index (Phi) is 9.49. The van der Waals surface area contributed by atoms with Crippen LogP contribution < -0.4 is 4.74 Å². The van der Waals surface area contributed by atoms with E-state index in [2.05, 4.69) is 47.1 Å². The molecule has 3 N–H and O–H groups in total. The molecule has 1 aliphatic rings. The number of benzene rings is 2. The Bertz CT molecular complexity index is 1280. The Balaban J connectivity index is 0.00000180. The molecular weight excluding hydrogens is 498 g/mol. The van der Waals surface area contributed by atoms with Crippen molar-refractivity contribution in [3.8, 4) is 16.5 Å². The SMILES string of the molecule is Cc1nnc(-c2cc3c(OC[C@@H](O)CN4CCC(c5ccc(C)c(C)c5)CC4)cccc3o2)s1.Cl.O. The first-order valence-corrected chi connectivity index (χ1v) is 12.7. The van der Waals surface area contributed by atoms with E-state index in [4.69, 9.17) is 9.15 Å². The van der Waals surface area contributed by atoms with Crippen molar-refractivity contribution in [1.29, 1.82) is 0 Å². The van der Waals surface area contributed by atoms with E-state index >= 15 is 0 Å². The van der Waals surface area contributed by atoms with Gasteiger partial charge in [0.05, 0.1) is 5.39 Å². The summed E-state index contributed by atoms with van der Waals surface area (Å²) in [6.07, 6.45) is 1.70. The Hall–Kier alpha value is -2.49. The zero-order valence-corrected chi connectivity index (χ0v) is 22.5. The molecule has 1 saturated heterocycles. The van der Waals surface area contributed by atoms with Gasteiger partial charge in [0, 0.05) is 6.54 Å². The number of halogens is 1. The lowest BCUT2D eigenvalue weighted by Gasteiger charge is -2.33. The second kappa shape index (κ2) is 12.2. The highest BCUT2D eigenvalue weighted by Crippen LogP contribution is 2.34. The molecule has 36 heavy (non-hydrogen) atoms. The number of aromatic nitrogens is 2. The molecule has 1 fully saturated rings. The number of furan rings is 1. The van der Waals surface area contributed by atoms with Gasteiger partial charge in [0.15, 0.2) is 10.8 Å². The summed E-state index contributed by atoms with van der Waals surface area (Å²) in [6, 6.07) is 14.5. The van der Waals surface area contributed by atoms with Gasteiger partial charge in [0.25, 0.3) is 0 Å². The quantitative estimate of drug-likeness (QED) is 0.356. The van der Waals surface area contributed by atoms with Gasteiger partial charge >= 0.3 is 0 Å². The van der Waals surface area contributed by atoms with Crippen LogP contribution in [0.5, 0.6) is 5.75 Å². The largest absolute Gasteiger partial charge is 0.490 e. The normalized spacial score (nSPS) is 15.3. The lowest BCUT2D eigenvalue weighted by atomic mass is 9.88. The molecule has 0 spiro atoms. The topological polar surface area (TPSA) is 103 Å². The Morgan fingerprint density at radius 3 is 2.56 bits per heavy atom. The highest BCUT2D eigenvalue weighted by Gasteiger charge is 2.23. The van der Waals surface area contributed by atoms with Gasteiger partial charge in [-0.3, -0.25) is 0 Å². The summed E-state index contributed by atoms with van der Waals surface area (Å²) < 4.78 is 12.0. The summed E-state index contributed by atoms with van der Waals surface area (Å²) in [5, 5.41) is 21.4. The second-order valence-corrected chi connectivity index (χ2v) is 10.5.